The number of anilines is 2. The van der Waals surface area contributed by atoms with Crippen molar-refractivity contribution in [1.82, 2.24) is 14.5 Å². The van der Waals surface area contributed by atoms with Gasteiger partial charge < -0.3 is 11.1 Å². The van der Waals surface area contributed by atoms with E-state index in [1.165, 1.54) is 47.6 Å². The number of pyridine rings is 1. The first-order valence-electron chi connectivity index (χ1n) is 13.3. The molecule has 5 N–H and O–H groups in total. The van der Waals surface area contributed by atoms with Crippen LogP contribution in [-0.4, -0.2) is 20.4 Å². The van der Waals surface area contributed by atoms with Gasteiger partial charge >= 0.3 is 0 Å². The molecule has 5 rings (SSSR count). The summed E-state index contributed by atoms with van der Waals surface area (Å²) >= 11 is 6.04. The lowest BCUT2D eigenvalue weighted by Crippen LogP contribution is -2.28. The molecule has 13 heteroatoms. The fraction of sp³-hybridized carbons (Fsp3) is 0.200. The van der Waals surface area contributed by atoms with Gasteiger partial charge in [-0.15, -0.1) is 0 Å². The van der Waals surface area contributed by atoms with Gasteiger partial charge in [0, 0.05) is 36.1 Å². The van der Waals surface area contributed by atoms with Crippen molar-refractivity contribution in [3.63, 3.8) is 0 Å². The number of carbonyl (C=O) groups is 1. The Kier molecular flexibility index (Phi) is 8.51. The van der Waals surface area contributed by atoms with Gasteiger partial charge in [-0.3, -0.25) is 24.1 Å². The molecule has 0 radical (unpaired) electrons. The molecule has 9 nitrogen and oxygen atoms in total. The van der Waals surface area contributed by atoms with Crippen LogP contribution >= 0.6 is 11.6 Å². The number of fused-ring (bicyclic) bond motifs is 4. The molecular formula is C30H27ClF3N7O2. The quantitative estimate of drug-likeness (QED) is 0.206. The Morgan fingerprint density at radius 2 is 1.84 bits per heavy atom. The third kappa shape index (κ3) is 5.84. The molecule has 0 saturated carbocycles. The van der Waals surface area contributed by atoms with Crippen LogP contribution in [0.4, 0.5) is 24.5 Å². The summed E-state index contributed by atoms with van der Waals surface area (Å²) in [5.41, 5.74) is 5.56. The van der Waals surface area contributed by atoms with Crippen LogP contribution < -0.4 is 27.5 Å². The average Bonchev–Trinajstić information content (AvgIpc) is 2.98. The number of nitrogens with two attached hydrogens (primary N) is 2. The minimum absolute atomic E-state index is 0.0243. The molecule has 0 fully saturated rings. The fourth-order valence-electron chi connectivity index (χ4n) is 5.11. The molecule has 1 amide bonds. The van der Waals surface area contributed by atoms with Crippen LogP contribution in [-0.2, 0) is 4.79 Å². The number of rotatable bonds is 4. The Morgan fingerprint density at radius 3 is 2.58 bits per heavy atom. The van der Waals surface area contributed by atoms with E-state index in [2.05, 4.69) is 15.3 Å². The number of aromatic nitrogens is 3. The van der Waals surface area contributed by atoms with Gasteiger partial charge in [-0.25, -0.2) is 24.0 Å². The third-order valence-electron chi connectivity index (χ3n) is 7.35. The predicted octanol–water partition coefficient (Wildman–Crippen LogP) is 5.50. The van der Waals surface area contributed by atoms with E-state index < -0.39 is 35.0 Å². The van der Waals surface area contributed by atoms with Crippen LogP contribution in [0.15, 0.2) is 72.2 Å². The van der Waals surface area contributed by atoms with Crippen molar-refractivity contribution in [2.24, 2.45) is 17.5 Å². The summed E-state index contributed by atoms with van der Waals surface area (Å²) in [5, 5.41) is 3.59. The van der Waals surface area contributed by atoms with E-state index in [-0.39, 0.29) is 44.7 Å². The summed E-state index contributed by atoms with van der Waals surface area (Å²) in [7, 11) is 0. The van der Waals surface area contributed by atoms with Crippen molar-refractivity contribution in [2.75, 3.05) is 10.3 Å². The Labute approximate surface area is 249 Å². The van der Waals surface area contributed by atoms with Gasteiger partial charge in [-0.05, 0) is 54.8 Å². The monoisotopic (exact) mass is 609 g/mol. The molecule has 0 aliphatic carbocycles. The van der Waals surface area contributed by atoms with E-state index >= 15 is 8.78 Å². The van der Waals surface area contributed by atoms with Crippen LogP contribution in [0.5, 0.6) is 0 Å². The number of hydrazine groups is 1. The maximum Gasteiger partial charge on any atom is 0.254 e. The minimum atomic E-state index is -1.13. The summed E-state index contributed by atoms with van der Waals surface area (Å²) < 4.78 is 46.1. The lowest BCUT2D eigenvalue weighted by atomic mass is 9.95. The van der Waals surface area contributed by atoms with Gasteiger partial charge in [0.25, 0.3) is 5.56 Å². The number of amides is 1. The van der Waals surface area contributed by atoms with E-state index in [0.717, 1.165) is 23.3 Å². The molecule has 1 aliphatic rings. The fourth-order valence-corrected chi connectivity index (χ4v) is 5.27. The Bertz CT molecular complexity index is 1800. The lowest BCUT2D eigenvalue weighted by Gasteiger charge is -2.23. The van der Waals surface area contributed by atoms with Crippen molar-refractivity contribution in [3.8, 4) is 22.4 Å². The second-order valence-corrected chi connectivity index (χ2v) is 10.5. The number of carbonyl (C=O) groups excluding carboxylic acids is 1. The van der Waals surface area contributed by atoms with E-state index in [1.54, 1.807) is 13.0 Å². The first kappa shape index (κ1) is 29.8. The van der Waals surface area contributed by atoms with Gasteiger partial charge in [0.2, 0.25) is 5.91 Å². The van der Waals surface area contributed by atoms with Crippen LogP contribution in [0.1, 0.15) is 37.9 Å². The second-order valence-electron chi connectivity index (χ2n) is 10.1. The van der Waals surface area contributed by atoms with Crippen LogP contribution in [0.3, 0.4) is 0 Å². The summed E-state index contributed by atoms with van der Waals surface area (Å²) in [6.07, 6.45) is 6.46. The van der Waals surface area contributed by atoms with E-state index in [4.69, 9.17) is 23.2 Å². The zero-order valence-electron chi connectivity index (χ0n) is 22.9. The molecule has 4 aromatic rings. The maximum absolute atomic E-state index is 15.3. The van der Waals surface area contributed by atoms with Crippen molar-refractivity contribution < 1.29 is 18.0 Å². The van der Waals surface area contributed by atoms with E-state index in [9.17, 15) is 14.0 Å². The summed E-state index contributed by atoms with van der Waals surface area (Å²) in [5.74, 6) is 2.15. The van der Waals surface area contributed by atoms with Gasteiger partial charge in [0.15, 0.2) is 17.5 Å². The standard InChI is InChI=1S/C30H27ClF3N7O2/c1-16-3-2-4-23(21-13-17(9-11-37-21)26-20(39-30(16)43)7-6-19(32)29(26)34)40-15-38-22(14-25(40)42)27-24(41(36)12-10-35)8-5-18(31)28(27)33/h5-16,23H,2-4,35-36H2,1H3,(H,39,43)/b12-10-. The number of halogens is 4. The predicted molar refractivity (Wildman–Crippen MR) is 158 cm³/mol. The normalized spacial score (nSPS) is 17.1. The third-order valence-corrected chi connectivity index (χ3v) is 7.64. The maximum atomic E-state index is 15.3. The van der Waals surface area contributed by atoms with Crippen molar-refractivity contribution in [3.05, 3.63) is 106 Å². The molecule has 2 atom stereocenters. The van der Waals surface area contributed by atoms with Crippen molar-refractivity contribution in [2.45, 2.75) is 32.2 Å². The number of benzene rings is 2. The molecule has 2 aromatic heterocycles. The van der Waals surface area contributed by atoms with E-state index in [0.29, 0.717) is 25.0 Å². The Balaban J connectivity index is 1.64. The zero-order chi connectivity index (χ0) is 30.8. The van der Waals surface area contributed by atoms with Gasteiger partial charge in [0.05, 0.1) is 45.7 Å². The number of nitrogens with one attached hydrogen (secondary N) is 1. The topological polar surface area (TPSA) is 132 Å². The average molecular weight is 610 g/mol. The Morgan fingerprint density at radius 1 is 1.05 bits per heavy atom. The van der Waals surface area contributed by atoms with Gasteiger partial charge in [-0.2, -0.15) is 0 Å². The minimum Gasteiger partial charge on any atom is -0.403 e. The number of nitrogens with zero attached hydrogens (tertiary/aromatic N) is 4. The molecule has 2 bridgehead atoms. The van der Waals surface area contributed by atoms with Gasteiger partial charge in [-0.1, -0.05) is 24.9 Å². The highest BCUT2D eigenvalue weighted by Crippen LogP contribution is 2.37. The largest absolute Gasteiger partial charge is 0.403 e. The van der Waals surface area contributed by atoms with Crippen molar-refractivity contribution in [1.29, 1.82) is 0 Å². The zero-order valence-corrected chi connectivity index (χ0v) is 23.7. The molecule has 222 valence electrons. The highest BCUT2D eigenvalue weighted by Gasteiger charge is 2.25. The molecule has 2 unspecified atom stereocenters. The van der Waals surface area contributed by atoms with Crippen LogP contribution in [0.2, 0.25) is 5.02 Å². The summed E-state index contributed by atoms with van der Waals surface area (Å²) in [6, 6.07) is 8.54. The lowest BCUT2D eigenvalue weighted by molar-refractivity contribution is -0.119. The van der Waals surface area contributed by atoms with Crippen LogP contribution in [0, 0.1) is 23.4 Å². The first-order chi connectivity index (χ1) is 20.6. The SMILES string of the molecule is CC1CCCC(n2cnc(-c3c(N(N)/C=C\N)ccc(Cl)c3F)cc2=O)c2cc(ccn2)-c2c(ccc(F)c2F)NC1=O. The molecular weight excluding hydrogens is 583 g/mol. The highest BCUT2D eigenvalue weighted by atomic mass is 35.5. The number of hydrogen-bond donors (Lipinski definition) is 3. The smallest absolute Gasteiger partial charge is 0.254 e. The van der Waals surface area contributed by atoms with Crippen molar-refractivity contribution >= 4 is 28.9 Å². The van der Waals surface area contributed by atoms with Gasteiger partial charge in [0.1, 0.15) is 0 Å². The summed E-state index contributed by atoms with van der Waals surface area (Å²) in [4.78, 5) is 35.3. The number of hydrogen-bond acceptors (Lipinski definition) is 7. The molecule has 0 saturated heterocycles. The first-order valence-corrected chi connectivity index (χ1v) is 13.7. The second kappa shape index (κ2) is 12.3. The molecule has 3 heterocycles. The summed E-state index contributed by atoms with van der Waals surface area (Å²) in [6.45, 7) is 1.73. The molecule has 43 heavy (non-hydrogen) atoms. The molecule has 0 spiro atoms. The van der Waals surface area contributed by atoms with E-state index in [1.807, 2.05) is 0 Å². The molecule has 2 aromatic carbocycles. The van der Waals surface area contributed by atoms with Crippen LogP contribution in [0.25, 0.3) is 22.4 Å². The Hall–Kier alpha value is -4.68. The molecule has 1 aliphatic heterocycles. The highest BCUT2D eigenvalue weighted by molar-refractivity contribution is 6.31.